The van der Waals surface area contributed by atoms with E-state index in [0.717, 1.165) is 0 Å². The van der Waals surface area contributed by atoms with Crippen molar-refractivity contribution in [3.05, 3.63) is 29.8 Å². The highest BCUT2D eigenvalue weighted by molar-refractivity contribution is 5.97. The van der Waals surface area contributed by atoms with E-state index in [1.807, 2.05) is 0 Å². The van der Waals surface area contributed by atoms with E-state index >= 15 is 0 Å². The molecule has 0 aliphatic heterocycles. The van der Waals surface area contributed by atoms with Crippen LogP contribution in [0.25, 0.3) is 0 Å². The Morgan fingerprint density at radius 3 is 2.38 bits per heavy atom. The normalized spacial score (nSPS) is 10.9. The number of carboxylic acid groups (broad SMARTS) is 1. The summed E-state index contributed by atoms with van der Waals surface area (Å²) in [7, 11) is 0. The highest BCUT2D eigenvalue weighted by Gasteiger charge is 2.08. The molecule has 0 fully saturated rings. The second-order valence-electron chi connectivity index (χ2n) is 2.83. The molecule has 0 unspecified atom stereocenters. The molecule has 0 saturated carbocycles. The number of rotatable bonds is 2. The van der Waals surface area contributed by atoms with Crippen LogP contribution < -0.4 is 17.2 Å². The summed E-state index contributed by atoms with van der Waals surface area (Å²) in [5, 5.41) is 8.87. The molecule has 0 radical (unpaired) electrons. The number of aliphatic imine (C=N–C) groups is 2. The minimum atomic E-state index is -1.10. The first-order valence-electron chi connectivity index (χ1n) is 4.27. The van der Waals surface area contributed by atoms with Crippen molar-refractivity contribution in [2.45, 2.75) is 0 Å². The maximum atomic E-state index is 10.8. The summed E-state index contributed by atoms with van der Waals surface area (Å²) < 4.78 is 0. The second-order valence-corrected chi connectivity index (χ2v) is 2.83. The molecular formula is C9H11N5O2. The van der Waals surface area contributed by atoms with Gasteiger partial charge in [-0.25, -0.2) is 9.79 Å². The van der Waals surface area contributed by atoms with Crippen LogP contribution in [0, 0.1) is 0 Å². The van der Waals surface area contributed by atoms with Crippen LogP contribution in [0.3, 0.4) is 0 Å². The smallest absolute Gasteiger partial charge is 0.337 e. The lowest BCUT2D eigenvalue weighted by atomic mass is 10.2. The Hall–Kier alpha value is -2.57. The molecule has 84 valence electrons. The van der Waals surface area contributed by atoms with Gasteiger partial charge >= 0.3 is 5.97 Å². The van der Waals surface area contributed by atoms with Gasteiger partial charge in [0, 0.05) is 0 Å². The molecule has 0 atom stereocenters. The molecule has 7 N–H and O–H groups in total. The number of guanidine groups is 2. The van der Waals surface area contributed by atoms with Gasteiger partial charge in [-0.2, -0.15) is 4.99 Å². The summed E-state index contributed by atoms with van der Waals surface area (Å²) in [5.74, 6) is -1.54. The summed E-state index contributed by atoms with van der Waals surface area (Å²) in [6, 6.07) is 6.12. The van der Waals surface area contributed by atoms with Gasteiger partial charge in [-0.15, -0.1) is 0 Å². The Balaban J connectivity index is 3.15. The fraction of sp³-hybridized carbons (Fsp3) is 0. The molecule has 0 aromatic heterocycles. The van der Waals surface area contributed by atoms with Crippen molar-refractivity contribution < 1.29 is 9.90 Å². The maximum Gasteiger partial charge on any atom is 0.337 e. The summed E-state index contributed by atoms with van der Waals surface area (Å²) in [4.78, 5) is 18.1. The van der Waals surface area contributed by atoms with Gasteiger partial charge in [0.2, 0.25) is 5.96 Å². The molecule has 0 heterocycles. The predicted molar refractivity (Wildman–Crippen MR) is 60.5 cm³/mol. The van der Waals surface area contributed by atoms with Crippen molar-refractivity contribution in [1.29, 1.82) is 0 Å². The standard InChI is InChI=1S/C9H11N5O2/c10-8(11)14-9(12)13-6-4-2-1-3-5(6)7(15)16/h1-4H,(H,15,16)(H6,10,11,12,13,14). The zero-order valence-electron chi connectivity index (χ0n) is 8.29. The number of para-hydroxylation sites is 1. The average Bonchev–Trinajstić information content (AvgIpc) is 2.16. The van der Waals surface area contributed by atoms with Gasteiger partial charge in [-0.05, 0) is 12.1 Å². The van der Waals surface area contributed by atoms with Crippen LogP contribution in [-0.4, -0.2) is 23.0 Å². The number of nitrogens with two attached hydrogens (primary N) is 3. The minimum Gasteiger partial charge on any atom is -0.478 e. The van der Waals surface area contributed by atoms with Crippen LogP contribution in [-0.2, 0) is 0 Å². The summed E-state index contributed by atoms with van der Waals surface area (Å²) in [5.41, 5.74) is 15.8. The molecule has 0 saturated heterocycles. The van der Waals surface area contributed by atoms with Crippen molar-refractivity contribution in [1.82, 2.24) is 0 Å². The third-order valence-corrected chi connectivity index (χ3v) is 1.61. The Kier molecular flexibility index (Phi) is 3.44. The number of hydrogen-bond donors (Lipinski definition) is 4. The van der Waals surface area contributed by atoms with Crippen LogP contribution >= 0.6 is 0 Å². The van der Waals surface area contributed by atoms with Crippen molar-refractivity contribution in [2.75, 3.05) is 0 Å². The van der Waals surface area contributed by atoms with E-state index < -0.39 is 5.97 Å². The van der Waals surface area contributed by atoms with Crippen molar-refractivity contribution in [3.8, 4) is 0 Å². The lowest BCUT2D eigenvalue weighted by molar-refractivity contribution is 0.0698. The molecule has 7 heteroatoms. The molecule has 1 aromatic carbocycles. The molecule has 0 bridgehead atoms. The molecule has 0 amide bonds. The molecular weight excluding hydrogens is 210 g/mol. The summed E-state index contributed by atoms with van der Waals surface area (Å²) in [6.07, 6.45) is 0. The highest BCUT2D eigenvalue weighted by atomic mass is 16.4. The van der Waals surface area contributed by atoms with Crippen LogP contribution in [0.1, 0.15) is 10.4 Å². The number of aromatic carboxylic acids is 1. The highest BCUT2D eigenvalue weighted by Crippen LogP contribution is 2.18. The van der Waals surface area contributed by atoms with E-state index in [0.29, 0.717) is 0 Å². The first-order chi connectivity index (χ1) is 7.50. The van der Waals surface area contributed by atoms with E-state index in [-0.39, 0.29) is 23.2 Å². The Labute approximate surface area is 91.3 Å². The monoisotopic (exact) mass is 221 g/mol. The van der Waals surface area contributed by atoms with Gasteiger partial charge in [0.05, 0.1) is 11.3 Å². The molecule has 16 heavy (non-hydrogen) atoms. The fourth-order valence-corrected chi connectivity index (χ4v) is 1.03. The van der Waals surface area contributed by atoms with Crippen LogP contribution in [0.15, 0.2) is 34.3 Å². The van der Waals surface area contributed by atoms with E-state index in [4.69, 9.17) is 22.3 Å². The summed E-state index contributed by atoms with van der Waals surface area (Å²) in [6.45, 7) is 0. The predicted octanol–water partition coefficient (Wildman–Crippen LogP) is -0.396. The maximum absolute atomic E-state index is 10.8. The van der Waals surface area contributed by atoms with Crippen LogP contribution in [0.4, 0.5) is 5.69 Å². The fourth-order valence-electron chi connectivity index (χ4n) is 1.03. The Morgan fingerprint density at radius 1 is 1.19 bits per heavy atom. The molecule has 7 nitrogen and oxygen atoms in total. The first-order valence-corrected chi connectivity index (χ1v) is 4.27. The second kappa shape index (κ2) is 4.78. The molecule has 0 aliphatic carbocycles. The molecule has 0 spiro atoms. The Morgan fingerprint density at radius 2 is 1.81 bits per heavy atom. The van der Waals surface area contributed by atoms with Crippen LogP contribution in [0.5, 0.6) is 0 Å². The van der Waals surface area contributed by atoms with Gasteiger partial charge in [0.1, 0.15) is 0 Å². The van der Waals surface area contributed by atoms with E-state index in [2.05, 4.69) is 9.98 Å². The SMILES string of the molecule is NC(N)=NC(N)=Nc1ccccc1C(=O)O. The summed E-state index contributed by atoms with van der Waals surface area (Å²) >= 11 is 0. The molecule has 0 aliphatic rings. The number of carboxylic acids is 1. The molecule has 1 rings (SSSR count). The third-order valence-electron chi connectivity index (χ3n) is 1.61. The average molecular weight is 221 g/mol. The zero-order valence-corrected chi connectivity index (χ0v) is 8.29. The lowest BCUT2D eigenvalue weighted by Gasteiger charge is -2.00. The van der Waals surface area contributed by atoms with Gasteiger partial charge < -0.3 is 22.3 Å². The zero-order chi connectivity index (χ0) is 12.1. The van der Waals surface area contributed by atoms with Crippen molar-refractivity contribution >= 4 is 23.6 Å². The van der Waals surface area contributed by atoms with E-state index in [9.17, 15) is 4.79 Å². The quantitative estimate of drug-likeness (QED) is 0.397. The first kappa shape index (κ1) is 11.5. The van der Waals surface area contributed by atoms with Crippen molar-refractivity contribution in [3.63, 3.8) is 0 Å². The van der Waals surface area contributed by atoms with Gasteiger partial charge in [0.15, 0.2) is 5.96 Å². The topological polar surface area (TPSA) is 140 Å². The Bertz CT molecular complexity index is 463. The lowest BCUT2D eigenvalue weighted by Crippen LogP contribution is -2.26. The van der Waals surface area contributed by atoms with Crippen LogP contribution in [0.2, 0.25) is 0 Å². The van der Waals surface area contributed by atoms with Gasteiger partial charge in [-0.3, -0.25) is 0 Å². The number of benzene rings is 1. The van der Waals surface area contributed by atoms with Gasteiger partial charge in [-0.1, -0.05) is 12.1 Å². The number of nitrogens with zero attached hydrogens (tertiary/aromatic N) is 2. The van der Waals surface area contributed by atoms with E-state index in [1.54, 1.807) is 12.1 Å². The largest absolute Gasteiger partial charge is 0.478 e. The number of carbonyl (C=O) groups is 1. The molecule has 1 aromatic rings. The van der Waals surface area contributed by atoms with Gasteiger partial charge in [0.25, 0.3) is 0 Å². The van der Waals surface area contributed by atoms with E-state index in [1.165, 1.54) is 12.1 Å². The minimum absolute atomic E-state index is 0.0243. The number of hydrogen-bond acceptors (Lipinski definition) is 2. The van der Waals surface area contributed by atoms with Crippen molar-refractivity contribution in [2.24, 2.45) is 27.2 Å². The third kappa shape index (κ3) is 2.98.